The molecule has 1 saturated heterocycles. The van der Waals surface area contributed by atoms with Gasteiger partial charge in [0.1, 0.15) is 6.04 Å². The van der Waals surface area contributed by atoms with E-state index in [9.17, 15) is 14.7 Å². The Morgan fingerprint density at radius 2 is 1.82 bits per heavy atom. The van der Waals surface area contributed by atoms with E-state index in [0.29, 0.717) is 13.1 Å². The number of amides is 2. The fourth-order valence-corrected chi connectivity index (χ4v) is 2.63. The number of carbonyl (C=O) groups is 2. The molecule has 0 spiro atoms. The maximum atomic E-state index is 12.4. The number of aliphatic hydroxyl groups excluding tert-OH is 1. The number of likely N-dealkylation sites (tertiary alicyclic amines) is 1. The molecule has 2 N–H and O–H groups in total. The maximum absolute atomic E-state index is 12.4. The molecule has 1 aromatic heterocycles. The van der Waals surface area contributed by atoms with Crippen molar-refractivity contribution >= 4 is 11.8 Å². The predicted octanol–water partition coefficient (Wildman–Crippen LogP) is 0.504. The summed E-state index contributed by atoms with van der Waals surface area (Å²) in [6.07, 6.45) is 7.63. The van der Waals surface area contributed by atoms with E-state index in [4.69, 9.17) is 0 Å². The number of hydrogen-bond acceptors (Lipinski definition) is 4. The van der Waals surface area contributed by atoms with Crippen molar-refractivity contribution in [3.8, 4) is 0 Å². The second-order valence-corrected chi connectivity index (χ2v) is 5.57. The van der Waals surface area contributed by atoms with Gasteiger partial charge in [0.05, 0.1) is 13.0 Å². The van der Waals surface area contributed by atoms with Crippen LogP contribution in [0.15, 0.2) is 24.5 Å². The van der Waals surface area contributed by atoms with Gasteiger partial charge in [0.25, 0.3) is 0 Å². The van der Waals surface area contributed by atoms with Crippen molar-refractivity contribution in [1.82, 2.24) is 15.2 Å². The SMILES string of the molecule is O=C(Cc1ccncc1)N[C@@H](CO)C(=O)N1CCCCCC1. The zero-order valence-corrected chi connectivity index (χ0v) is 12.7. The summed E-state index contributed by atoms with van der Waals surface area (Å²) in [5.74, 6) is -0.457. The third-order valence-corrected chi connectivity index (χ3v) is 3.85. The van der Waals surface area contributed by atoms with E-state index in [1.54, 1.807) is 29.4 Å². The van der Waals surface area contributed by atoms with Crippen molar-refractivity contribution in [2.75, 3.05) is 19.7 Å². The largest absolute Gasteiger partial charge is 0.394 e. The Morgan fingerprint density at radius 3 is 2.41 bits per heavy atom. The van der Waals surface area contributed by atoms with Crippen LogP contribution >= 0.6 is 0 Å². The molecular formula is C16H23N3O3. The summed E-state index contributed by atoms with van der Waals surface area (Å²) in [5, 5.41) is 12.1. The smallest absolute Gasteiger partial charge is 0.247 e. The van der Waals surface area contributed by atoms with Gasteiger partial charge in [-0.2, -0.15) is 0 Å². The molecule has 0 radical (unpaired) electrons. The fourth-order valence-electron chi connectivity index (χ4n) is 2.63. The van der Waals surface area contributed by atoms with Crippen LogP contribution in [0.4, 0.5) is 0 Å². The van der Waals surface area contributed by atoms with Crippen LogP contribution in [-0.2, 0) is 16.0 Å². The third kappa shape index (κ3) is 4.80. The number of nitrogens with one attached hydrogen (secondary N) is 1. The van der Waals surface area contributed by atoms with Crippen LogP contribution in [0.1, 0.15) is 31.2 Å². The summed E-state index contributed by atoms with van der Waals surface area (Å²) in [4.78, 5) is 30.1. The second kappa shape index (κ2) is 8.48. The molecule has 22 heavy (non-hydrogen) atoms. The third-order valence-electron chi connectivity index (χ3n) is 3.85. The fraction of sp³-hybridized carbons (Fsp3) is 0.562. The van der Waals surface area contributed by atoms with E-state index >= 15 is 0 Å². The molecule has 2 heterocycles. The van der Waals surface area contributed by atoms with Gasteiger partial charge in [-0.15, -0.1) is 0 Å². The molecule has 0 aromatic carbocycles. The average Bonchev–Trinajstić information content (AvgIpc) is 2.82. The molecule has 1 atom stereocenters. The van der Waals surface area contributed by atoms with Gasteiger partial charge in [0.15, 0.2) is 0 Å². The highest BCUT2D eigenvalue weighted by atomic mass is 16.3. The molecule has 2 rings (SSSR count). The lowest BCUT2D eigenvalue weighted by Crippen LogP contribution is -2.51. The molecule has 0 bridgehead atoms. The Morgan fingerprint density at radius 1 is 1.18 bits per heavy atom. The lowest BCUT2D eigenvalue weighted by atomic mass is 10.1. The number of nitrogens with zero attached hydrogens (tertiary/aromatic N) is 2. The molecule has 1 aliphatic heterocycles. The molecule has 0 aliphatic carbocycles. The first-order valence-corrected chi connectivity index (χ1v) is 7.78. The van der Waals surface area contributed by atoms with Crippen LogP contribution in [0.2, 0.25) is 0 Å². The lowest BCUT2D eigenvalue weighted by Gasteiger charge is -2.25. The monoisotopic (exact) mass is 305 g/mol. The highest BCUT2D eigenvalue weighted by Crippen LogP contribution is 2.11. The van der Waals surface area contributed by atoms with Crippen molar-refractivity contribution in [3.05, 3.63) is 30.1 Å². The number of rotatable bonds is 5. The zero-order chi connectivity index (χ0) is 15.8. The normalized spacial score (nSPS) is 16.7. The second-order valence-electron chi connectivity index (χ2n) is 5.57. The van der Waals surface area contributed by atoms with E-state index in [1.807, 2.05) is 0 Å². The van der Waals surface area contributed by atoms with Crippen LogP contribution in [0.3, 0.4) is 0 Å². The van der Waals surface area contributed by atoms with Gasteiger partial charge in [-0.05, 0) is 30.5 Å². The first-order chi connectivity index (χ1) is 10.7. The van der Waals surface area contributed by atoms with Crippen LogP contribution in [0.5, 0.6) is 0 Å². The Hall–Kier alpha value is -1.95. The molecule has 120 valence electrons. The molecule has 1 fully saturated rings. The summed E-state index contributed by atoms with van der Waals surface area (Å²) in [5.41, 5.74) is 0.825. The minimum absolute atomic E-state index is 0.173. The number of pyridine rings is 1. The Kier molecular flexibility index (Phi) is 6.33. The molecule has 6 nitrogen and oxygen atoms in total. The van der Waals surface area contributed by atoms with Gasteiger partial charge >= 0.3 is 0 Å². The van der Waals surface area contributed by atoms with E-state index in [0.717, 1.165) is 31.2 Å². The summed E-state index contributed by atoms with van der Waals surface area (Å²) in [6.45, 7) is 1.03. The standard InChI is InChI=1S/C16H23N3O3/c20-12-14(16(22)19-9-3-1-2-4-10-19)18-15(21)11-13-5-7-17-8-6-13/h5-8,14,20H,1-4,9-12H2,(H,18,21)/t14-/m0/s1. The molecule has 0 saturated carbocycles. The zero-order valence-electron chi connectivity index (χ0n) is 12.7. The summed E-state index contributed by atoms with van der Waals surface area (Å²) >= 11 is 0. The van der Waals surface area contributed by atoms with Crippen LogP contribution in [0, 0.1) is 0 Å². The molecule has 6 heteroatoms. The van der Waals surface area contributed by atoms with Gasteiger partial charge in [-0.1, -0.05) is 12.8 Å². The predicted molar refractivity (Wildman–Crippen MR) is 82.0 cm³/mol. The molecule has 0 unspecified atom stereocenters. The lowest BCUT2D eigenvalue weighted by molar-refractivity contribution is -0.137. The van der Waals surface area contributed by atoms with Crippen LogP contribution in [-0.4, -0.2) is 52.5 Å². The molecular weight excluding hydrogens is 282 g/mol. The number of aliphatic hydroxyl groups is 1. The summed E-state index contributed by atoms with van der Waals surface area (Å²) in [6, 6.07) is 2.65. The quantitative estimate of drug-likeness (QED) is 0.830. The van der Waals surface area contributed by atoms with Gasteiger partial charge in [0.2, 0.25) is 11.8 Å². The molecule has 1 aliphatic rings. The first kappa shape index (κ1) is 16.4. The van der Waals surface area contributed by atoms with E-state index < -0.39 is 6.04 Å². The topological polar surface area (TPSA) is 82.5 Å². The van der Waals surface area contributed by atoms with Crippen LogP contribution in [0.25, 0.3) is 0 Å². The average molecular weight is 305 g/mol. The minimum Gasteiger partial charge on any atom is -0.394 e. The van der Waals surface area contributed by atoms with Crippen LogP contribution < -0.4 is 5.32 Å². The van der Waals surface area contributed by atoms with Crippen molar-refractivity contribution in [2.24, 2.45) is 0 Å². The number of aromatic nitrogens is 1. The summed E-state index contributed by atoms with van der Waals surface area (Å²) in [7, 11) is 0. The highest BCUT2D eigenvalue weighted by Gasteiger charge is 2.25. The first-order valence-electron chi connectivity index (χ1n) is 7.78. The number of hydrogen-bond donors (Lipinski definition) is 2. The number of carbonyl (C=O) groups excluding carboxylic acids is 2. The van der Waals surface area contributed by atoms with Crippen molar-refractivity contribution in [3.63, 3.8) is 0 Å². The van der Waals surface area contributed by atoms with Gasteiger partial charge in [-0.25, -0.2) is 0 Å². The Labute approximate surface area is 130 Å². The maximum Gasteiger partial charge on any atom is 0.247 e. The van der Waals surface area contributed by atoms with Crippen molar-refractivity contribution < 1.29 is 14.7 Å². The van der Waals surface area contributed by atoms with Crippen molar-refractivity contribution in [2.45, 2.75) is 38.1 Å². The van der Waals surface area contributed by atoms with E-state index in [1.165, 1.54) is 0 Å². The minimum atomic E-state index is -0.854. The van der Waals surface area contributed by atoms with Gasteiger partial charge < -0.3 is 15.3 Å². The Balaban J connectivity index is 1.90. The van der Waals surface area contributed by atoms with Crippen molar-refractivity contribution in [1.29, 1.82) is 0 Å². The molecule has 2 amide bonds. The van der Waals surface area contributed by atoms with E-state index in [-0.39, 0.29) is 24.8 Å². The van der Waals surface area contributed by atoms with Gasteiger partial charge in [0, 0.05) is 25.5 Å². The molecule has 1 aromatic rings. The highest BCUT2D eigenvalue weighted by molar-refractivity contribution is 5.88. The Bertz CT molecular complexity index is 485. The van der Waals surface area contributed by atoms with Gasteiger partial charge in [-0.3, -0.25) is 14.6 Å². The van der Waals surface area contributed by atoms with E-state index in [2.05, 4.69) is 10.3 Å². The summed E-state index contributed by atoms with van der Waals surface area (Å²) < 4.78 is 0.